The molecule has 9 heteroatoms. The van der Waals surface area contributed by atoms with Crippen LogP contribution in [0, 0.1) is 0 Å². The van der Waals surface area contributed by atoms with E-state index in [4.69, 9.17) is 4.74 Å². The van der Waals surface area contributed by atoms with Crippen LogP contribution < -0.4 is 10.6 Å². The summed E-state index contributed by atoms with van der Waals surface area (Å²) in [4.78, 5) is 29.0. The average molecular weight is 392 g/mol. The molecule has 1 aromatic carbocycles. The van der Waals surface area contributed by atoms with Gasteiger partial charge in [0.25, 0.3) is 11.8 Å². The van der Waals surface area contributed by atoms with Crippen molar-refractivity contribution >= 4 is 17.5 Å². The van der Waals surface area contributed by atoms with Crippen LogP contribution in [0.25, 0.3) is 5.82 Å². The van der Waals surface area contributed by atoms with Crippen molar-refractivity contribution in [3.8, 4) is 5.82 Å². The van der Waals surface area contributed by atoms with Crippen molar-refractivity contribution in [3.05, 3.63) is 66.4 Å². The minimum atomic E-state index is -0.351. The lowest BCUT2D eigenvalue weighted by Gasteiger charge is -2.11. The first-order chi connectivity index (χ1) is 14.2. The van der Waals surface area contributed by atoms with Gasteiger partial charge < -0.3 is 15.4 Å². The Bertz CT molecular complexity index is 982. The smallest absolute Gasteiger partial charge is 0.274 e. The van der Waals surface area contributed by atoms with E-state index in [0.717, 1.165) is 19.4 Å². The summed E-state index contributed by atoms with van der Waals surface area (Å²) in [5, 5.41) is 13.1. The summed E-state index contributed by atoms with van der Waals surface area (Å²) in [6.07, 6.45) is 5.11. The molecule has 2 N–H and O–H groups in total. The number of rotatable bonds is 6. The molecule has 1 atom stereocenters. The summed E-state index contributed by atoms with van der Waals surface area (Å²) in [6.45, 7) is 1.26. The molecule has 1 aliphatic heterocycles. The fourth-order valence-electron chi connectivity index (χ4n) is 3.03. The number of nitrogens with one attached hydrogen (secondary N) is 2. The van der Waals surface area contributed by atoms with E-state index in [1.54, 1.807) is 47.0 Å². The maximum Gasteiger partial charge on any atom is 0.274 e. The Balaban J connectivity index is 1.36. The van der Waals surface area contributed by atoms with E-state index in [1.165, 1.54) is 12.7 Å². The lowest BCUT2D eigenvalue weighted by Crippen LogP contribution is -2.31. The van der Waals surface area contributed by atoms with Gasteiger partial charge in [-0.25, -0.2) is 4.98 Å². The second-order valence-corrected chi connectivity index (χ2v) is 6.63. The molecule has 4 rings (SSSR count). The SMILES string of the molecule is O=C(NC[C@@H]1CCCO1)c1ccc(NC(=O)c2cccc(-n3cnnc3)n2)cc1. The highest BCUT2D eigenvalue weighted by atomic mass is 16.5. The van der Waals surface area contributed by atoms with E-state index < -0.39 is 0 Å². The minimum Gasteiger partial charge on any atom is -0.376 e. The number of hydrogen-bond acceptors (Lipinski definition) is 6. The van der Waals surface area contributed by atoms with Gasteiger partial charge in [0, 0.05) is 24.4 Å². The van der Waals surface area contributed by atoms with Crippen LogP contribution in [0.1, 0.15) is 33.7 Å². The molecular weight excluding hydrogens is 372 g/mol. The molecule has 1 saturated heterocycles. The molecule has 3 heterocycles. The van der Waals surface area contributed by atoms with E-state index in [0.29, 0.717) is 23.6 Å². The third-order valence-electron chi connectivity index (χ3n) is 4.57. The maximum atomic E-state index is 12.5. The predicted octanol–water partition coefficient (Wildman–Crippen LogP) is 1.82. The molecule has 1 aliphatic rings. The maximum absolute atomic E-state index is 12.5. The van der Waals surface area contributed by atoms with Gasteiger partial charge in [0.1, 0.15) is 24.2 Å². The lowest BCUT2D eigenvalue weighted by molar-refractivity contribution is 0.0857. The van der Waals surface area contributed by atoms with Crippen LogP contribution in [0.15, 0.2) is 55.1 Å². The highest BCUT2D eigenvalue weighted by molar-refractivity contribution is 6.03. The Kier molecular flexibility index (Phi) is 5.57. The second kappa shape index (κ2) is 8.61. The van der Waals surface area contributed by atoms with Crippen LogP contribution >= 0.6 is 0 Å². The van der Waals surface area contributed by atoms with E-state index in [9.17, 15) is 9.59 Å². The first kappa shape index (κ1) is 18.8. The summed E-state index contributed by atoms with van der Waals surface area (Å²) in [5.74, 6) is 0.0260. The largest absolute Gasteiger partial charge is 0.376 e. The molecule has 3 aromatic rings. The molecule has 148 valence electrons. The van der Waals surface area contributed by atoms with Crippen LogP contribution in [-0.4, -0.2) is 50.8 Å². The Morgan fingerprint density at radius 3 is 2.59 bits per heavy atom. The number of carbonyl (C=O) groups is 2. The van der Waals surface area contributed by atoms with Gasteiger partial charge in [0.15, 0.2) is 0 Å². The molecule has 0 bridgehead atoms. The summed E-state index contributed by atoms with van der Waals surface area (Å²) in [6, 6.07) is 11.8. The molecule has 0 spiro atoms. The molecule has 0 radical (unpaired) electrons. The second-order valence-electron chi connectivity index (χ2n) is 6.63. The molecule has 2 aromatic heterocycles. The Morgan fingerprint density at radius 2 is 1.86 bits per heavy atom. The molecule has 0 saturated carbocycles. The molecule has 2 amide bonds. The quantitative estimate of drug-likeness (QED) is 0.662. The summed E-state index contributed by atoms with van der Waals surface area (Å²) >= 11 is 0. The van der Waals surface area contributed by atoms with E-state index in [1.807, 2.05) is 0 Å². The van der Waals surface area contributed by atoms with Gasteiger partial charge in [-0.1, -0.05) is 6.07 Å². The Labute approximate surface area is 167 Å². The summed E-state index contributed by atoms with van der Waals surface area (Å²) < 4.78 is 7.11. The van der Waals surface area contributed by atoms with Gasteiger partial charge >= 0.3 is 0 Å². The number of carbonyl (C=O) groups excluding carboxylic acids is 2. The van der Waals surface area contributed by atoms with Crippen LogP contribution in [0.4, 0.5) is 5.69 Å². The molecular formula is C20H20N6O3. The first-order valence-corrected chi connectivity index (χ1v) is 9.32. The zero-order chi connectivity index (χ0) is 20.1. The number of aromatic nitrogens is 4. The third-order valence-corrected chi connectivity index (χ3v) is 4.57. The molecule has 1 fully saturated rings. The van der Waals surface area contributed by atoms with Crippen molar-refractivity contribution in [3.63, 3.8) is 0 Å². The van der Waals surface area contributed by atoms with Crippen LogP contribution in [0.5, 0.6) is 0 Å². The Morgan fingerprint density at radius 1 is 1.07 bits per heavy atom. The van der Waals surface area contributed by atoms with Gasteiger partial charge in [-0.05, 0) is 49.2 Å². The van der Waals surface area contributed by atoms with E-state index in [2.05, 4.69) is 25.8 Å². The topological polar surface area (TPSA) is 111 Å². The van der Waals surface area contributed by atoms with Crippen molar-refractivity contribution in [1.29, 1.82) is 0 Å². The van der Waals surface area contributed by atoms with Crippen molar-refractivity contribution < 1.29 is 14.3 Å². The highest BCUT2D eigenvalue weighted by Crippen LogP contribution is 2.13. The fourth-order valence-corrected chi connectivity index (χ4v) is 3.03. The number of anilines is 1. The average Bonchev–Trinajstić information content (AvgIpc) is 3.47. The summed E-state index contributed by atoms with van der Waals surface area (Å²) in [5.41, 5.74) is 1.35. The normalized spacial score (nSPS) is 15.8. The number of pyridine rings is 1. The number of nitrogens with zero attached hydrogens (tertiary/aromatic N) is 4. The Hall–Kier alpha value is -3.59. The van der Waals surface area contributed by atoms with Gasteiger partial charge in [-0.2, -0.15) is 0 Å². The number of amides is 2. The lowest BCUT2D eigenvalue weighted by atomic mass is 10.1. The third kappa shape index (κ3) is 4.64. The van der Waals surface area contributed by atoms with E-state index in [-0.39, 0.29) is 23.6 Å². The number of ether oxygens (including phenoxy) is 1. The van der Waals surface area contributed by atoms with Crippen LogP contribution in [0.2, 0.25) is 0 Å². The van der Waals surface area contributed by atoms with Crippen LogP contribution in [0.3, 0.4) is 0 Å². The highest BCUT2D eigenvalue weighted by Gasteiger charge is 2.17. The van der Waals surface area contributed by atoms with Gasteiger partial charge in [-0.3, -0.25) is 14.2 Å². The molecule has 0 aliphatic carbocycles. The number of hydrogen-bond donors (Lipinski definition) is 2. The first-order valence-electron chi connectivity index (χ1n) is 9.32. The fraction of sp³-hybridized carbons (Fsp3) is 0.250. The number of benzene rings is 1. The van der Waals surface area contributed by atoms with E-state index >= 15 is 0 Å². The molecule has 0 unspecified atom stereocenters. The van der Waals surface area contributed by atoms with Crippen molar-refractivity contribution in [2.45, 2.75) is 18.9 Å². The predicted molar refractivity (Wildman–Crippen MR) is 105 cm³/mol. The zero-order valence-corrected chi connectivity index (χ0v) is 15.6. The molecule has 9 nitrogen and oxygen atoms in total. The van der Waals surface area contributed by atoms with Gasteiger partial charge in [0.2, 0.25) is 0 Å². The standard InChI is InChI=1S/C20H20N6O3/c27-19(21-11-16-3-2-10-29-16)14-6-8-15(9-7-14)24-20(28)17-4-1-5-18(25-17)26-12-22-23-13-26/h1,4-9,12-13,16H,2-3,10-11H2,(H,21,27)(H,24,28)/t16-/m0/s1. The molecule has 29 heavy (non-hydrogen) atoms. The summed E-state index contributed by atoms with van der Waals surface area (Å²) in [7, 11) is 0. The monoisotopic (exact) mass is 392 g/mol. The van der Waals surface area contributed by atoms with Gasteiger partial charge in [-0.15, -0.1) is 10.2 Å². The van der Waals surface area contributed by atoms with Crippen molar-refractivity contribution in [2.24, 2.45) is 0 Å². The zero-order valence-electron chi connectivity index (χ0n) is 15.6. The van der Waals surface area contributed by atoms with Gasteiger partial charge in [0.05, 0.1) is 6.10 Å². The van der Waals surface area contributed by atoms with Crippen molar-refractivity contribution in [1.82, 2.24) is 25.1 Å². The minimum absolute atomic E-state index is 0.0962. The van der Waals surface area contributed by atoms with Crippen LogP contribution in [-0.2, 0) is 4.74 Å². The van der Waals surface area contributed by atoms with Crippen molar-refractivity contribution in [2.75, 3.05) is 18.5 Å².